The number of aromatic nitrogens is 5. The molecule has 0 atom stereocenters. The van der Waals surface area contributed by atoms with Crippen LogP contribution in [-0.4, -0.2) is 61.1 Å². The predicted molar refractivity (Wildman–Crippen MR) is 183 cm³/mol. The molecule has 4 aromatic heterocycles. The Balaban J connectivity index is 0.00000432. The molecule has 1 N–H and O–H groups in total. The molecule has 4 heterocycles. The van der Waals surface area contributed by atoms with Gasteiger partial charge in [-0.15, -0.1) is 0 Å². The van der Waals surface area contributed by atoms with E-state index >= 15 is 0 Å². The first-order chi connectivity index (χ1) is 23.4. The number of pyridine rings is 2. The molecule has 0 unspecified atom stereocenters. The van der Waals surface area contributed by atoms with E-state index in [1.54, 1.807) is 6.07 Å². The Hall–Kier alpha value is -4.76. The van der Waals surface area contributed by atoms with Crippen molar-refractivity contribution in [3.05, 3.63) is 129 Å². The van der Waals surface area contributed by atoms with Crippen molar-refractivity contribution >= 4 is 22.6 Å². The predicted octanol–water partition coefficient (Wildman–Crippen LogP) is 2.26. The molecule has 0 spiro atoms. The van der Waals surface area contributed by atoms with Gasteiger partial charge < -0.3 is 38.2 Å². The maximum atomic E-state index is 14.5. The SMILES string of the molecule is C[N+](C)(C)Cc1ccc(-c2cccc(-n3c(=O)n(C4CCC(NC(=O)c5cn6cc(F)ccc6n5)CC4)c(=O)c4cc(F)cnc43)c2)cc1.[I-]. The number of hydrogen-bond donors (Lipinski definition) is 1. The second-order valence-corrected chi connectivity index (χ2v) is 13.7. The standard InChI is InChI=1S/C37H35F2N7O3.HI/c1-46(2,3)22-23-7-9-24(10-8-23)25-5-4-6-30(17-25)44-34-31(18-27(39)19-40-34)36(48)45(37(44)49)29-14-12-28(13-15-29)41-35(47)32-21-43-20-26(38)11-16-33(43)42-32;/h4-11,16-21,28-29H,12-15,22H2,1-3H3;1H. The van der Waals surface area contributed by atoms with E-state index in [0.717, 1.165) is 34.4 Å². The number of carbonyl (C=O) groups is 1. The van der Waals surface area contributed by atoms with Crippen molar-refractivity contribution in [3.63, 3.8) is 0 Å². The minimum Gasteiger partial charge on any atom is -1.00 e. The van der Waals surface area contributed by atoms with Crippen molar-refractivity contribution in [2.75, 3.05) is 21.1 Å². The number of benzene rings is 2. The summed E-state index contributed by atoms with van der Waals surface area (Å²) in [5.41, 5.74) is 3.09. The molecule has 1 aliphatic carbocycles. The molecule has 2 aromatic carbocycles. The van der Waals surface area contributed by atoms with Gasteiger partial charge in [-0.2, -0.15) is 0 Å². The lowest BCUT2D eigenvalue weighted by atomic mass is 9.90. The zero-order valence-electron chi connectivity index (χ0n) is 27.8. The average Bonchev–Trinajstić information content (AvgIpc) is 3.49. The van der Waals surface area contributed by atoms with Crippen LogP contribution >= 0.6 is 0 Å². The monoisotopic (exact) mass is 791 g/mol. The first-order valence-electron chi connectivity index (χ1n) is 16.2. The molecular formula is C37H36F2IN7O3. The maximum absolute atomic E-state index is 14.5. The summed E-state index contributed by atoms with van der Waals surface area (Å²) in [6.07, 6.45) is 5.61. The van der Waals surface area contributed by atoms with Crippen LogP contribution in [0.3, 0.4) is 0 Å². The summed E-state index contributed by atoms with van der Waals surface area (Å²) >= 11 is 0. The van der Waals surface area contributed by atoms with Crippen LogP contribution in [0.1, 0.15) is 47.8 Å². The highest BCUT2D eigenvalue weighted by atomic mass is 127. The molecule has 0 aliphatic heterocycles. The molecule has 0 saturated heterocycles. The van der Waals surface area contributed by atoms with E-state index in [2.05, 4.69) is 48.6 Å². The number of carbonyl (C=O) groups excluding carboxylic acids is 1. The molecule has 10 nitrogen and oxygen atoms in total. The number of imidazole rings is 1. The van der Waals surface area contributed by atoms with Crippen LogP contribution in [0.15, 0.2) is 94.9 Å². The quantitative estimate of drug-likeness (QED) is 0.198. The van der Waals surface area contributed by atoms with Crippen LogP contribution in [0, 0.1) is 11.6 Å². The van der Waals surface area contributed by atoms with Gasteiger partial charge in [-0.25, -0.2) is 28.1 Å². The number of amides is 1. The van der Waals surface area contributed by atoms with Crippen LogP contribution in [0.2, 0.25) is 0 Å². The fourth-order valence-electron chi connectivity index (χ4n) is 6.72. The van der Waals surface area contributed by atoms with Gasteiger partial charge in [0, 0.05) is 30.0 Å². The highest BCUT2D eigenvalue weighted by Crippen LogP contribution is 2.29. The van der Waals surface area contributed by atoms with E-state index in [9.17, 15) is 23.2 Å². The molecule has 50 heavy (non-hydrogen) atoms. The maximum Gasteiger partial charge on any atom is 0.337 e. The Morgan fingerprint density at radius 2 is 1.64 bits per heavy atom. The summed E-state index contributed by atoms with van der Waals surface area (Å²) in [7, 11) is 6.41. The second-order valence-electron chi connectivity index (χ2n) is 13.7. The minimum atomic E-state index is -0.676. The molecule has 0 bridgehead atoms. The normalized spacial score (nSPS) is 16.3. The Kier molecular flexibility index (Phi) is 9.73. The van der Waals surface area contributed by atoms with Gasteiger partial charge in [0.05, 0.1) is 38.4 Å². The fourth-order valence-corrected chi connectivity index (χ4v) is 6.72. The molecule has 1 saturated carbocycles. The van der Waals surface area contributed by atoms with Gasteiger partial charge in [0.2, 0.25) is 0 Å². The highest BCUT2D eigenvalue weighted by Gasteiger charge is 2.28. The van der Waals surface area contributed by atoms with Crippen LogP contribution in [-0.2, 0) is 6.54 Å². The summed E-state index contributed by atoms with van der Waals surface area (Å²) in [6.45, 7) is 0.879. The van der Waals surface area contributed by atoms with Crippen LogP contribution in [0.25, 0.3) is 33.5 Å². The fraction of sp³-hybridized carbons (Fsp3) is 0.270. The van der Waals surface area contributed by atoms with Gasteiger partial charge in [0.15, 0.2) is 5.65 Å². The third-order valence-electron chi connectivity index (χ3n) is 8.98. The largest absolute Gasteiger partial charge is 1.00 e. The summed E-state index contributed by atoms with van der Waals surface area (Å²) < 4.78 is 32.9. The molecule has 1 fully saturated rings. The van der Waals surface area contributed by atoms with Crippen molar-refractivity contribution in [2.45, 2.75) is 44.3 Å². The van der Waals surface area contributed by atoms with E-state index < -0.39 is 28.9 Å². The van der Waals surface area contributed by atoms with Gasteiger partial charge >= 0.3 is 5.69 Å². The lowest BCUT2D eigenvalue weighted by Gasteiger charge is -2.30. The highest BCUT2D eigenvalue weighted by molar-refractivity contribution is 5.93. The van der Waals surface area contributed by atoms with Crippen LogP contribution in [0.4, 0.5) is 8.78 Å². The molecule has 258 valence electrons. The first-order valence-corrected chi connectivity index (χ1v) is 16.2. The van der Waals surface area contributed by atoms with E-state index in [4.69, 9.17) is 0 Å². The minimum absolute atomic E-state index is 0. The van der Waals surface area contributed by atoms with E-state index in [0.29, 0.717) is 37.0 Å². The number of halogens is 3. The van der Waals surface area contributed by atoms with Gasteiger partial charge in [0.1, 0.15) is 29.5 Å². The number of hydrogen-bond acceptors (Lipinski definition) is 5. The molecule has 6 aromatic rings. The number of quaternary nitrogens is 1. The van der Waals surface area contributed by atoms with Gasteiger partial charge in [-0.1, -0.05) is 36.4 Å². The lowest BCUT2D eigenvalue weighted by Crippen LogP contribution is -3.00. The number of rotatable bonds is 7. The van der Waals surface area contributed by atoms with Crippen molar-refractivity contribution in [2.24, 2.45) is 0 Å². The third-order valence-corrected chi connectivity index (χ3v) is 8.98. The van der Waals surface area contributed by atoms with E-state index in [1.165, 1.54) is 43.6 Å². The molecule has 1 amide bonds. The van der Waals surface area contributed by atoms with E-state index in [-0.39, 0.29) is 52.7 Å². The number of nitrogens with zero attached hydrogens (tertiary/aromatic N) is 6. The Labute approximate surface area is 303 Å². The van der Waals surface area contributed by atoms with Crippen molar-refractivity contribution in [1.82, 2.24) is 28.8 Å². The topological polar surface area (TPSA) is 103 Å². The summed E-state index contributed by atoms with van der Waals surface area (Å²) in [5, 5.41) is 2.99. The third kappa shape index (κ3) is 7.10. The number of nitrogens with one attached hydrogen (secondary N) is 1. The van der Waals surface area contributed by atoms with Gasteiger partial charge in [-0.05, 0) is 67.1 Å². The molecular weight excluding hydrogens is 755 g/mol. The second kappa shape index (κ2) is 13.9. The van der Waals surface area contributed by atoms with Crippen LogP contribution in [0.5, 0.6) is 0 Å². The van der Waals surface area contributed by atoms with E-state index in [1.807, 2.05) is 30.3 Å². The summed E-state index contributed by atoms with van der Waals surface area (Å²) in [4.78, 5) is 49.5. The average molecular weight is 792 g/mol. The molecule has 0 radical (unpaired) electrons. The Bertz CT molecular complexity index is 2340. The van der Waals surface area contributed by atoms with Gasteiger partial charge in [-0.3, -0.25) is 14.2 Å². The van der Waals surface area contributed by atoms with Crippen molar-refractivity contribution < 1.29 is 42.0 Å². The zero-order valence-corrected chi connectivity index (χ0v) is 30.0. The Morgan fingerprint density at radius 1 is 0.900 bits per heavy atom. The zero-order chi connectivity index (χ0) is 34.4. The first kappa shape index (κ1) is 35.1. The molecule has 7 rings (SSSR count). The lowest BCUT2D eigenvalue weighted by molar-refractivity contribution is -0.884. The summed E-state index contributed by atoms with van der Waals surface area (Å²) in [6, 6.07) is 18.9. The van der Waals surface area contributed by atoms with Crippen molar-refractivity contribution in [3.8, 4) is 16.8 Å². The molecule has 13 heteroatoms. The van der Waals surface area contributed by atoms with Gasteiger partial charge in [0.25, 0.3) is 11.5 Å². The smallest absolute Gasteiger partial charge is 0.337 e. The Morgan fingerprint density at radius 3 is 2.36 bits per heavy atom. The molecule has 1 aliphatic rings. The number of fused-ring (bicyclic) bond motifs is 2. The van der Waals surface area contributed by atoms with Crippen LogP contribution < -0.4 is 40.5 Å². The van der Waals surface area contributed by atoms with Crippen molar-refractivity contribution in [1.29, 1.82) is 0 Å². The summed E-state index contributed by atoms with van der Waals surface area (Å²) in [5.74, 6) is -1.50.